The Morgan fingerprint density at radius 3 is 3.06 bits per heavy atom. The summed E-state index contributed by atoms with van der Waals surface area (Å²) in [5.41, 5.74) is 1.29. The van der Waals surface area contributed by atoms with E-state index in [-0.39, 0.29) is 0 Å². The molecule has 1 aromatic rings. The Morgan fingerprint density at radius 1 is 1.65 bits per heavy atom. The van der Waals surface area contributed by atoms with E-state index in [2.05, 4.69) is 10.3 Å². The van der Waals surface area contributed by atoms with Crippen molar-refractivity contribution in [2.75, 3.05) is 13.1 Å². The zero-order chi connectivity index (χ0) is 12.3. The molecule has 1 fully saturated rings. The Hall–Kier alpha value is -1.42. The molecule has 1 aliphatic rings. The number of aliphatic carboxylic acids is 1. The third-order valence-electron chi connectivity index (χ3n) is 3.55. The average molecular weight is 234 g/mol. The van der Waals surface area contributed by atoms with Gasteiger partial charge < -0.3 is 10.4 Å². The number of carboxylic acids is 1. The van der Waals surface area contributed by atoms with Crippen molar-refractivity contribution in [3.8, 4) is 0 Å². The van der Waals surface area contributed by atoms with Crippen LogP contribution < -0.4 is 5.32 Å². The number of nitrogens with one attached hydrogen (secondary N) is 1. The van der Waals surface area contributed by atoms with E-state index < -0.39 is 11.4 Å². The Labute approximate surface area is 101 Å². The molecule has 2 rings (SSSR count). The Morgan fingerprint density at radius 2 is 2.47 bits per heavy atom. The van der Waals surface area contributed by atoms with E-state index in [0.717, 1.165) is 30.6 Å². The number of hydrogen-bond donors (Lipinski definition) is 2. The summed E-state index contributed by atoms with van der Waals surface area (Å²) in [4.78, 5) is 15.8. The van der Waals surface area contributed by atoms with Gasteiger partial charge in [-0.25, -0.2) is 0 Å². The largest absolute Gasteiger partial charge is 0.481 e. The van der Waals surface area contributed by atoms with Gasteiger partial charge in [0.25, 0.3) is 0 Å². The van der Waals surface area contributed by atoms with Crippen LogP contribution >= 0.6 is 0 Å². The van der Waals surface area contributed by atoms with Gasteiger partial charge >= 0.3 is 5.97 Å². The number of carbonyl (C=O) groups is 1. The number of piperidine rings is 1. The van der Waals surface area contributed by atoms with Crippen molar-refractivity contribution in [3.05, 3.63) is 29.6 Å². The lowest BCUT2D eigenvalue weighted by Crippen LogP contribution is -2.47. The highest BCUT2D eigenvalue weighted by atomic mass is 16.4. The third kappa shape index (κ3) is 2.47. The van der Waals surface area contributed by atoms with Crippen LogP contribution in [0.25, 0.3) is 0 Å². The highest BCUT2D eigenvalue weighted by Gasteiger charge is 2.40. The summed E-state index contributed by atoms with van der Waals surface area (Å²) < 4.78 is 0. The van der Waals surface area contributed by atoms with Crippen LogP contribution in [0.3, 0.4) is 0 Å². The molecule has 17 heavy (non-hydrogen) atoms. The van der Waals surface area contributed by atoms with E-state index in [9.17, 15) is 9.90 Å². The second-order valence-corrected chi connectivity index (χ2v) is 4.81. The van der Waals surface area contributed by atoms with E-state index in [1.165, 1.54) is 0 Å². The van der Waals surface area contributed by atoms with Gasteiger partial charge in [0.1, 0.15) is 0 Å². The van der Waals surface area contributed by atoms with Gasteiger partial charge in [0.15, 0.2) is 0 Å². The van der Waals surface area contributed by atoms with Crippen molar-refractivity contribution in [2.24, 2.45) is 5.41 Å². The molecule has 92 valence electrons. The maximum absolute atomic E-state index is 11.5. The minimum atomic E-state index is -0.713. The normalized spacial score (nSPS) is 24.5. The number of pyridine rings is 1. The van der Waals surface area contributed by atoms with Gasteiger partial charge in [-0.15, -0.1) is 0 Å². The zero-order valence-electron chi connectivity index (χ0n) is 10.1. The van der Waals surface area contributed by atoms with Crippen LogP contribution in [0.1, 0.15) is 24.1 Å². The predicted molar refractivity (Wildman–Crippen MR) is 64.9 cm³/mol. The number of aromatic nitrogens is 1. The van der Waals surface area contributed by atoms with Crippen molar-refractivity contribution in [3.63, 3.8) is 0 Å². The van der Waals surface area contributed by atoms with Crippen LogP contribution in [-0.2, 0) is 11.2 Å². The minimum absolute atomic E-state index is 0.516. The Bertz CT molecular complexity index is 412. The minimum Gasteiger partial charge on any atom is -0.481 e. The van der Waals surface area contributed by atoms with Crippen LogP contribution in [0, 0.1) is 12.3 Å². The molecule has 0 saturated carbocycles. The monoisotopic (exact) mass is 234 g/mol. The molecule has 1 saturated heterocycles. The van der Waals surface area contributed by atoms with Crippen LogP contribution in [-0.4, -0.2) is 29.1 Å². The van der Waals surface area contributed by atoms with Gasteiger partial charge in [0, 0.05) is 24.9 Å². The fourth-order valence-electron chi connectivity index (χ4n) is 2.40. The molecule has 0 amide bonds. The first-order chi connectivity index (χ1) is 8.14. The second kappa shape index (κ2) is 4.84. The summed E-state index contributed by atoms with van der Waals surface area (Å²) in [6.45, 7) is 3.43. The lowest BCUT2D eigenvalue weighted by molar-refractivity contribution is -0.150. The molecule has 1 aliphatic heterocycles. The first kappa shape index (κ1) is 12.0. The van der Waals surface area contributed by atoms with Crippen molar-refractivity contribution in [1.29, 1.82) is 0 Å². The quantitative estimate of drug-likeness (QED) is 0.829. The zero-order valence-corrected chi connectivity index (χ0v) is 10.1. The summed E-state index contributed by atoms with van der Waals surface area (Å²) in [6, 6.07) is 3.86. The summed E-state index contributed by atoms with van der Waals surface area (Å²) in [5.74, 6) is -0.713. The van der Waals surface area contributed by atoms with Crippen LogP contribution in [0.4, 0.5) is 0 Å². The molecular weight excluding hydrogens is 216 g/mol. The van der Waals surface area contributed by atoms with Gasteiger partial charge in [0.2, 0.25) is 0 Å². The van der Waals surface area contributed by atoms with Gasteiger partial charge in [-0.2, -0.15) is 0 Å². The van der Waals surface area contributed by atoms with Crippen LogP contribution in [0.2, 0.25) is 0 Å². The van der Waals surface area contributed by atoms with Gasteiger partial charge in [-0.05, 0) is 37.9 Å². The first-order valence-corrected chi connectivity index (χ1v) is 5.99. The molecule has 0 bridgehead atoms. The van der Waals surface area contributed by atoms with E-state index >= 15 is 0 Å². The molecular formula is C13H18N2O2. The number of rotatable bonds is 3. The third-order valence-corrected chi connectivity index (χ3v) is 3.55. The highest BCUT2D eigenvalue weighted by molar-refractivity contribution is 5.75. The molecule has 1 atom stereocenters. The van der Waals surface area contributed by atoms with Crippen molar-refractivity contribution < 1.29 is 9.90 Å². The maximum atomic E-state index is 11.5. The fraction of sp³-hybridized carbons (Fsp3) is 0.538. The van der Waals surface area contributed by atoms with E-state index in [4.69, 9.17) is 0 Å². The highest BCUT2D eigenvalue weighted by Crippen LogP contribution is 2.31. The van der Waals surface area contributed by atoms with Crippen LogP contribution in [0.15, 0.2) is 18.3 Å². The van der Waals surface area contributed by atoms with Crippen molar-refractivity contribution in [2.45, 2.75) is 26.2 Å². The number of hydrogen-bond acceptors (Lipinski definition) is 3. The Balaban J connectivity index is 2.24. The molecule has 2 heterocycles. The number of nitrogens with zero attached hydrogens (tertiary/aromatic N) is 1. The second-order valence-electron chi connectivity index (χ2n) is 4.81. The molecule has 2 N–H and O–H groups in total. The van der Waals surface area contributed by atoms with E-state index in [1.54, 1.807) is 6.20 Å². The van der Waals surface area contributed by atoms with Crippen LogP contribution in [0.5, 0.6) is 0 Å². The molecule has 4 nitrogen and oxygen atoms in total. The topological polar surface area (TPSA) is 62.2 Å². The Kier molecular flexibility index (Phi) is 3.43. The number of aryl methyl sites for hydroxylation is 1. The molecule has 0 radical (unpaired) electrons. The van der Waals surface area contributed by atoms with E-state index in [0.29, 0.717) is 13.0 Å². The summed E-state index contributed by atoms with van der Waals surface area (Å²) in [6.07, 6.45) is 3.89. The summed E-state index contributed by atoms with van der Waals surface area (Å²) >= 11 is 0. The number of carboxylic acid groups (broad SMARTS) is 1. The maximum Gasteiger partial charge on any atom is 0.311 e. The lowest BCUT2D eigenvalue weighted by atomic mass is 9.76. The van der Waals surface area contributed by atoms with Crippen molar-refractivity contribution in [1.82, 2.24) is 10.3 Å². The molecule has 1 unspecified atom stereocenters. The average Bonchev–Trinajstić information content (AvgIpc) is 2.33. The standard InChI is InChI=1S/C13H18N2O2/c1-10-4-2-7-15-11(10)8-13(12(16)17)5-3-6-14-9-13/h2,4,7,14H,3,5-6,8-9H2,1H3,(H,16,17). The molecule has 0 aromatic carbocycles. The van der Waals surface area contributed by atoms with Gasteiger partial charge in [0.05, 0.1) is 5.41 Å². The summed E-state index contributed by atoms with van der Waals surface area (Å²) in [7, 11) is 0. The predicted octanol–water partition coefficient (Wildman–Crippen LogP) is 1.39. The molecule has 0 spiro atoms. The summed E-state index contributed by atoms with van der Waals surface area (Å²) in [5, 5.41) is 12.7. The lowest BCUT2D eigenvalue weighted by Gasteiger charge is -2.33. The van der Waals surface area contributed by atoms with Gasteiger partial charge in [-0.1, -0.05) is 6.07 Å². The van der Waals surface area contributed by atoms with Crippen molar-refractivity contribution >= 4 is 5.97 Å². The molecule has 4 heteroatoms. The van der Waals surface area contributed by atoms with E-state index in [1.807, 2.05) is 19.1 Å². The van der Waals surface area contributed by atoms with Gasteiger partial charge in [-0.3, -0.25) is 9.78 Å². The first-order valence-electron chi connectivity index (χ1n) is 5.99. The molecule has 0 aliphatic carbocycles. The fourth-order valence-corrected chi connectivity index (χ4v) is 2.40. The SMILES string of the molecule is Cc1cccnc1CC1(C(=O)O)CCCNC1. The molecule has 1 aromatic heterocycles. The smallest absolute Gasteiger partial charge is 0.311 e.